The van der Waals surface area contributed by atoms with Gasteiger partial charge in [-0.2, -0.15) is 5.26 Å². The summed E-state index contributed by atoms with van der Waals surface area (Å²) in [6, 6.07) is 6.37. The number of benzene rings is 1. The van der Waals surface area contributed by atoms with Crippen molar-refractivity contribution in [2.45, 2.75) is 32.2 Å². The first kappa shape index (κ1) is 12.8. The molecule has 0 saturated heterocycles. The van der Waals surface area contributed by atoms with Crippen LogP contribution in [0.5, 0.6) is 5.75 Å². The standard InChI is InChI=1S/C14H17FN2O/c1-10(17)12-3-2-11(15)8-13(12)18-9-14(4-5-14)6-7-16/h2-3,8,10H,4-6,9,17H2,1H3/t10-/m0/s1. The summed E-state index contributed by atoms with van der Waals surface area (Å²) in [7, 11) is 0. The Morgan fingerprint density at radius 1 is 1.56 bits per heavy atom. The third-order valence-electron chi connectivity index (χ3n) is 3.41. The van der Waals surface area contributed by atoms with Gasteiger partial charge in [0.15, 0.2) is 0 Å². The molecule has 1 aliphatic carbocycles. The first-order valence-electron chi connectivity index (χ1n) is 6.11. The van der Waals surface area contributed by atoms with Crippen LogP contribution in [0.3, 0.4) is 0 Å². The van der Waals surface area contributed by atoms with Crippen molar-refractivity contribution in [2.24, 2.45) is 11.1 Å². The van der Waals surface area contributed by atoms with E-state index in [1.807, 2.05) is 6.92 Å². The zero-order valence-corrected chi connectivity index (χ0v) is 10.4. The summed E-state index contributed by atoms with van der Waals surface area (Å²) in [6.45, 7) is 2.30. The molecule has 1 aliphatic rings. The third-order valence-corrected chi connectivity index (χ3v) is 3.41. The molecule has 0 radical (unpaired) electrons. The first-order valence-corrected chi connectivity index (χ1v) is 6.11. The third kappa shape index (κ3) is 2.80. The molecule has 1 saturated carbocycles. The van der Waals surface area contributed by atoms with Crippen LogP contribution in [-0.2, 0) is 0 Å². The molecule has 1 fully saturated rings. The van der Waals surface area contributed by atoms with Gasteiger partial charge in [0.1, 0.15) is 11.6 Å². The van der Waals surface area contributed by atoms with E-state index in [2.05, 4.69) is 6.07 Å². The second-order valence-corrected chi connectivity index (χ2v) is 5.09. The molecule has 0 bridgehead atoms. The maximum atomic E-state index is 13.2. The molecule has 2 N–H and O–H groups in total. The summed E-state index contributed by atoms with van der Waals surface area (Å²) in [6.07, 6.45) is 2.50. The van der Waals surface area contributed by atoms with Crippen molar-refractivity contribution >= 4 is 0 Å². The van der Waals surface area contributed by atoms with Gasteiger partial charge in [-0.3, -0.25) is 0 Å². The smallest absolute Gasteiger partial charge is 0.126 e. The van der Waals surface area contributed by atoms with Gasteiger partial charge < -0.3 is 10.5 Å². The minimum atomic E-state index is -0.334. The molecule has 0 heterocycles. The van der Waals surface area contributed by atoms with Crippen molar-refractivity contribution in [3.8, 4) is 11.8 Å². The molecule has 96 valence electrons. The van der Waals surface area contributed by atoms with E-state index in [1.54, 1.807) is 6.07 Å². The zero-order chi connectivity index (χ0) is 13.2. The summed E-state index contributed by atoms with van der Waals surface area (Å²) >= 11 is 0. The van der Waals surface area contributed by atoms with Gasteiger partial charge in [0, 0.05) is 29.5 Å². The van der Waals surface area contributed by atoms with Crippen molar-refractivity contribution in [1.82, 2.24) is 0 Å². The summed E-state index contributed by atoms with van der Waals surface area (Å²) < 4.78 is 18.9. The highest BCUT2D eigenvalue weighted by Gasteiger charge is 2.43. The van der Waals surface area contributed by atoms with Crippen molar-refractivity contribution in [1.29, 1.82) is 5.26 Å². The van der Waals surface area contributed by atoms with Gasteiger partial charge in [-0.1, -0.05) is 6.07 Å². The Bertz CT molecular complexity index is 475. The lowest BCUT2D eigenvalue weighted by Gasteiger charge is -2.17. The van der Waals surface area contributed by atoms with Crippen molar-refractivity contribution in [3.63, 3.8) is 0 Å². The largest absolute Gasteiger partial charge is 0.493 e. The van der Waals surface area contributed by atoms with Gasteiger partial charge in [0.25, 0.3) is 0 Å². The Hall–Kier alpha value is -1.60. The van der Waals surface area contributed by atoms with Crippen molar-refractivity contribution in [2.75, 3.05) is 6.61 Å². The van der Waals surface area contributed by atoms with Crippen molar-refractivity contribution in [3.05, 3.63) is 29.6 Å². The number of halogens is 1. The van der Waals surface area contributed by atoms with Crippen LogP contribution in [0, 0.1) is 22.6 Å². The topological polar surface area (TPSA) is 59.0 Å². The molecular formula is C14H17FN2O. The Labute approximate surface area is 106 Å². The lowest BCUT2D eigenvalue weighted by molar-refractivity contribution is 0.233. The predicted octanol–water partition coefficient (Wildman–Crippen LogP) is 2.92. The number of ether oxygens (including phenoxy) is 1. The molecule has 4 heteroatoms. The lowest BCUT2D eigenvalue weighted by atomic mass is 10.0. The summed E-state index contributed by atoms with van der Waals surface area (Å²) in [5.41, 5.74) is 6.60. The quantitative estimate of drug-likeness (QED) is 0.871. The molecule has 0 amide bonds. The molecule has 0 spiro atoms. The van der Waals surface area contributed by atoms with Gasteiger partial charge in [0.05, 0.1) is 12.7 Å². The summed E-state index contributed by atoms with van der Waals surface area (Å²) in [5.74, 6) is 0.161. The van der Waals surface area contributed by atoms with E-state index in [0.29, 0.717) is 18.8 Å². The van der Waals surface area contributed by atoms with Gasteiger partial charge in [-0.25, -0.2) is 4.39 Å². The van der Waals surface area contributed by atoms with Crippen LogP contribution < -0.4 is 10.5 Å². The second kappa shape index (κ2) is 4.95. The van der Waals surface area contributed by atoms with Crippen LogP contribution in [-0.4, -0.2) is 6.61 Å². The maximum absolute atomic E-state index is 13.2. The number of rotatable bonds is 5. The average Bonchev–Trinajstić information content (AvgIpc) is 3.07. The molecule has 0 aliphatic heterocycles. The van der Waals surface area contributed by atoms with E-state index in [4.69, 9.17) is 15.7 Å². The first-order chi connectivity index (χ1) is 8.56. The van der Waals surface area contributed by atoms with Gasteiger partial charge in [0.2, 0.25) is 0 Å². The van der Waals surface area contributed by atoms with E-state index in [-0.39, 0.29) is 17.3 Å². The SMILES string of the molecule is C[C@H](N)c1ccc(F)cc1OCC1(CC#N)CC1. The van der Waals surface area contributed by atoms with Gasteiger partial charge >= 0.3 is 0 Å². The zero-order valence-electron chi connectivity index (χ0n) is 10.4. The average molecular weight is 248 g/mol. The van der Waals surface area contributed by atoms with E-state index in [1.165, 1.54) is 12.1 Å². The Balaban J connectivity index is 2.09. The molecule has 0 aromatic heterocycles. The molecule has 0 unspecified atom stereocenters. The number of hydrogen-bond donors (Lipinski definition) is 1. The maximum Gasteiger partial charge on any atom is 0.126 e. The van der Waals surface area contributed by atoms with E-state index in [0.717, 1.165) is 18.4 Å². The Kier molecular flexibility index (Phi) is 3.53. The highest BCUT2D eigenvalue weighted by atomic mass is 19.1. The van der Waals surface area contributed by atoms with Gasteiger partial charge in [-0.15, -0.1) is 0 Å². The molecule has 2 rings (SSSR count). The number of nitrogens with zero attached hydrogens (tertiary/aromatic N) is 1. The highest BCUT2D eigenvalue weighted by molar-refractivity contribution is 5.36. The second-order valence-electron chi connectivity index (χ2n) is 5.09. The molecular weight excluding hydrogens is 231 g/mol. The van der Waals surface area contributed by atoms with Crippen LogP contribution in [0.2, 0.25) is 0 Å². The monoisotopic (exact) mass is 248 g/mol. The number of nitriles is 1. The Morgan fingerprint density at radius 3 is 2.83 bits per heavy atom. The van der Waals surface area contributed by atoms with Crippen molar-refractivity contribution < 1.29 is 9.13 Å². The fraction of sp³-hybridized carbons (Fsp3) is 0.500. The Morgan fingerprint density at radius 2 is 2.28 bits per heavy atom. The summed E-state index contributed by atoms with van der Waals surface area (Å²) in [4.78, 5) is 0. The van der Waals surface area contributed by atoms with E-state index in [9.17, 15) is 4.39 Å². The lowest BCUT2D eigenvalue weighted by Crippen LogP contribution is -2.15. The van der Waals surface area contributed by atoms with Crippen LogP contribution in [0.25, 0.3) is 0 Å². The van der Waals surface area contributed by atoms with Gasteiger partial charge in [-0.05, 0) is 25.8 Å². The van der Waals surface area contributed by atoms with Crippen LogP contribution >= 0.6 is 0 Å². The normalized spacial score (nSPS) is 17.9. The molecule has 1 aromatic carbocycles. The molecule has 1 aromatic rings. The molecule has 18 heavy (non-hydrogen) atoms. The minimum Gasteiger partial charge on any atom is -0.493 e. The summed E-state index contributed by atoms with van der Waals surface area (Å²) in [5, 5.41) is 8.74. The number of hydrogen-bond acceptors (Lipinski definition) is 3. The minimum absolute atomic E-state index is 0.0177. The fourth-order valence-corrected chi connectivity index (χ4v) is 1.96. The molecule has 1 atom stereocenters. The van der Waals surface area contributed by atoms with Crippen LogP contribution in [0.4, 0.5) is 4.39 Å². The van der Waals surface area contributed by atoms with Crippen LogP contribution in [0.1, 0.15) is 37.8 Å². The van der Waals surface area contributed by atoms with E-state index >= 15 is 0 Å². The molecule has 3 nitrogen and oxygen atoms in total. The van der Waals surface area contributed by atoms with Crippen LogP contribution in [0.15, 0.2) is 18.2 Å². The fourth-order valence-electron chi connectivity index (χ4n) is 1.96. The predicted molar refractivity (Wildman–Crippen MR) is 66.4 cm³/mol. The number of nitrogens with two attached hydrogens (primary N) is 1. The highest BCUT2D eigenvalue weighted by Crippen LogP contribution is 2.48. The van der Waals surface area contributed by atoms with E-state index < -0.39 is 0 Å².